The number of aliphatic hydroxyl groups excluding tert-OH is 1. The average Bonchev–Trinajstić information content (AvgIpc) is 3.12. The number of aromatic nitrogens is 2. The predicted molar refractivity (Wildman–Crippen MR) is 202 cm³/mol. The number of rotatable bonds is 7. The summed E-state index contributed by atoms with van der Waals surface area (Å²) in [5.74, 6) is 0.286. The Bertz CT molecular complexity index is 2220. The molecular formula is C44H47IrN2O2-. The van der Waals surface area contributed by atoms with Gasteiger partial charge in [-0.25, -0.2) is 0 Å². The number of allylic oxidation sites excluding steroid dienone is 2. The molecule has 5 heteroatoms. The number of benzene rings is 4. The van der Waals surface area contributed by atoms with Crippen LogP contribution < -0.4 is 0 Å². The minimum atomic E-state index is -0.337. The second kappa shape index (κ2) is 13.8. The van der Waals surface area contributed by atoms with Gasteiger partial charge in [0.05, 0.1) is 0 Å². The molecule has 0 amide bonds. The van der Waals surface area contributed by atoms with Crippen LogP contribution in [0.5, 0.6) is 0 Å². The summed E-state index contributed by atoms with van der Waals surface area (Å²) < 4.78 is 0. The van der Waals surface area contributed by atoms with Crippen molar-refractivity contribution in [2.24, 2.45) is 10.8 Å². The molecule has 1 radical (unpaired) electrons. The Labute approximate surface area is 304 Å². The van der Waals surface area contributed by atoms with Gasteiger partial charge in [0.15, 0.2) is 5.78 Å². The summed E-state index contributed by atoms with van der Waals surface area (Å²) in [4.78, 5) is 22.2. The van der Waals surface area contributed by atoms with E-state index >= 15 is 0 Å². The van der Waals surface area contributed by atoms with E-state index in [1.807, 2.05) is 59.9 Å². The van der Waals surface area contributed by atoms with Gasteiger partial charge >= 0.3 is 0 Å². The molecule has 0 saturated carbocycles. The second-order valence-corrected chi connectivity index (χ2v) is 14.4. The zero-order valence-electron chi connectivity index (χ0n) is 30.0. The third-order valence-corrected chi connectivity index (χ3v) is 11.5. The molecule has 0 saturated heterocycles. The number of pyridine rings is 2. The number of fused-ring (bicyclic) bond motifs is 7. The molecule has 0 spiro atoms. The van der Waals surface area contributed by atoms with E-state index in [9.17, 15) is 9.90 Å². The van der Waals surface area contributed by atoms with Crippen LogP contribution in [0, 0.1) is 16.9 Å². The molecule has 1 N–H and O–H groups in total. The average molecular weight is 828 g/mol. The third kappa shape index (κ3) is 6.10. The van der Waals surface area contributed by atoms with Crippen molar-refractivity contribution in [2.45, 2.75) is 86.5 Å². The van der Waals surface area contributed by atoms with Crippen LogP contribution in [0.4, 0.5) is 0 Å². The fourth-order valence-electron chi connectivity index (χ4n) is 7.03. The minimum Gasteiger partial charge on any atom is -0.512 e. The number of hydrogen-bond donors (Lipinski definition) is 1. The number of para-hydroxylation sites is 1. The first-order valence-corrected chi connectivity index (χ1v) is 17.4. The van der Waals surface area contributed by atoms with Crippen molar-refractivity contribution >= 4 is 49.0 Å². The molecule has 2 heterocycles. The Kier molecular flexibility index (Phi) is 10.2. The molecule has 1 aliphatic rings. The Morgan fingerprint density at radius 3 is 2.16 bits per heavy atom. The first-order chi connectivity index (χ1) is 22.9. The number of aliphatic hydroxyl groups is 1. The molecule has 0 aliphatic heterocycles. The maximum atomic E-state index is 12.2. The zero-order valence-corrected chi connectivity index (χ0v) is 32.4. The third-order valence-electron chi connectivity index (χ3n) is 11.5. The van der Waals surface area contributed by atoms with Gasteiger partial charge in [0, 0.05) is 54.3 Å². The predicted octanol–water partition coefficient (Wildman–Crippen LogP) is 11.8. The number of ketones is 1. The molecule has 2 aromatic heterocycles. The van der Waals surface area contributed by atoms with Crippen molar-refractivity contribution in [2.75, 3.05) is 0 Å². The van der Waals surface area contributed by atoms with Crippen LogP contribution in [-0.4, -0.2) is 20.9 Å². The molecule has 4 aromatic carbocycles. The number of carbonyl (C=O) groups excluding carboxylic acids is 1. The SMILES string of the molecule is CC1(C)c2nc3ccccc3[c-]c2-c2nccc3c2c1cc1c2ccccc2ccc31.CCC(C)(CC)C(=O)/C=C(\O)C(C)(CC)CC.[Ir]. The van der Waals surface area contributed by atoms with Gasteiger partial charge in [-0.1, -0.05) is 127 Å². The summed E-state index contributed by atoms with van der Waals surface area (Å²) >= 11 is 0. The Hall–Kier alpha value is -3.92. The second-order valence-electron chi connectivity index (χ2n) is 14.4. The minimum absolute atomic E-state index is 0. The Morgan fingerprint density at radius 2 is 1.47 bits per heavy atom. The van der Waals surface area contributed by atoms with Gasteiger partial charge < -0.3 is 10.1 Å². The molecule has 0 atom stereocenters. The van der Waals surface area contributed by atoms with E-state index in [1.165, 1.54) is 44.0 Å². The van der Waals surface area contributed by atoms with E-state index in [2.05, 4.69) is 80.6 Å². The maximum absolute atomic E-state index is 12.2. The quantitative estimate of drug-likeness (QED) is 0.0754. The van der Waals surface area contributed by atoms with Crippen LogP contribution in [0.2, 0.25) is 0 Å². The van der Waals surface area contributed by atoms with Crippen molar-refractivity contribution in [1.29, 1.82) is 0 Å². The maximum Gasteiger partial charge on any atom is 0.164 e. The zero-order chi connectivity index (χ0) is 34.4. The molecule has 0 bridgehead atoms. The Morgan fingerprint density at radius 1 is 0.816 bits per heavy atom. The van der Waals surface area contributed by atoms with E-state index < -0.39 is 0 Å². The molecule has 0 unspecified atom stereocenters. The van der Waals surface area contributed by atoms with Crippen LogP contribution in [0.1, 0.15) is 92.3 Å². The van der Waals surface area contributed by atoms with Crippen molar-refractivity contribution < 1.29 is 30.0 Å². The summed E-state index contributed by atoms with van der Waals surface area (Å²) in [5, 5.41) is 18.8. The summed E-state index contributed by atoms with van der Waals surface area (Å²) in [6.07, 6.45) is 6.69. The van der Waals surface area contributed by atoms with Gasteiger partial charge in [0.2, 0.25) is 0 Å². The number of nitrogens with zero attached hydrogens (tertiary/aromatic N) is 2. The van der Waals surface area contributed by atoms with Crippen molar-refractivity contribution in [3.05, 3.63) is 108 Å². The standard InChI is InChI=1S/C29H19N2.C15H28O2.Ir/c1-29(2)24-16-22-19-9-5-3-7-17(19)11-12-20(22)21-13-14-30-27(26(21)24)23-15-18-8-4-6-10-25(18)31-28(23)29;1-7-14(5,8-2)12(16)11-13(17)15(6,9-3)10-4;/h3-14,16H,1-2H3;11,16H,7-10H2,1-6H3;/q-1;;/b;12-11-;. The van der Waals surface area contributed by atoms with Gasteiger partial charge in [-0.15, -0.1) is 12.1 Å². The van der Waals surface area contributed by atoms with Crippen molar-refractivity contribution in [3.8, 4) is 11.3 Å². The molecule has 4 nitrogen and oxygen atoms in total. The normalized spacial score (nSPS) is 13.9. The largest absolute Gasteiger partial charge is 0.512 e. The van der Waals surface area contributed by atoms with E-state index in [0.29, 0.717) is 0 Å². The van der Waals surface area contributed by atoms with Crippen LogP contribution in [0.25, 0.3) is 54.5 Å². The van der Waals surface area contributed by atoms with Gasteiger partial charge in [-0.05, 0) is 80.8 Å². The summed E-state index contributed by atoms with van der Waals surface area (Å²) in [6.45, 7) is 16.6. The first kappa shape index (κ1) is 36.4. The van der Waals surface area contributed by atoms with Crippen molar-refractivity contribution in [1.82, 2.24) is 9.97 Å². The Balaban J connectivity index is 0.000000226. The molecule has 1 aliphatic carbocycles. The van der Waals surface area contributed by atoms with E-state index in [4.69, 9.17) is 9.97 Å². The summed E-state index contributed by atoms with van der Waals surface area (Å²) in [7, 11) is 0. The van der Waals surface area contributed by atoms with Gasteiger partial charge in [-0.3, -0.25) is 9.78 Å². The van der Waals surface area contributed by atoms with Gasteiger partial charge in [0.25, 0.3) is 0 Å². The van der Waals surface area contributed by atoms with E-state index in [0.717, 1.165) is 53.5 Å². The van der Waals surface area contributed by atoms with Crippen LogP contribution in [0.15, 0.2) is 90.8 Å². The molecule has 7 rings (SSSR count). The fraction of sp³-hybridized carbons (Fsp3) is 0.341. The summed E-state index contributed by atoms with van der Waals surface area (Å²) in [6, 6.07) is 29.5. The van der Waals surface area contributed by atoms with Crippen LogP contribution in [-0.2, 0) is 30.3 Å². The van der Waals surface area contributed by atoms with Gasteiger partial charge in [0.1, 0.15) is 5.76 Å². The van der Waals surface area contributed by atoms with Crippen LogP contribution >= 0.6 is 0 Å². The molecule has 0 fully saturated rings. The van der Waals surface area contributed by atoms with E-state index in [1.54, 1.807) is 0 Å². The smallest absolute Gasteiger partial charge is 0.164 e. The molecule has 255 valence electrons. The van der Waals surface area contributed by atoms with Gasteiger partial charge in [-0.2, -0.15) is 0 Å². The topological polar surface area (TPSA) is 63.1 Å². The van der Waals surface area contributed by atoms with Crippen LogP contribution in [0.3, 0.4) is 0 Å². The first-order valence-electron chi connectivity index (χ1n) is 17.4. The van der Waals surface area contributed by atoms with E-state index in [-0.39, 0.29) is 47.9 Å². The molecule has 6 aromatic rings. The fourth-order valence-corrected chi connectivity index (χ4v) is 7.03. The van der Waals surface area contributed by atoms with Crippen molar-refractivity contribution in [3.63, 3.8) is 0 Å². The molecular weight excluding hydrogens is 781 g/mol. The summed E-state index contributed by atoms with van der Waals surface area (Å²) in [5.41, 5.74) is 4.49. The monoisotopic (exact) mass is 828 g/mol. The molecule has 49 heavy (non-hydrogen) atoms. The number of hydrogen-bond acceptors (Lipinski definition) is 4. The number of carbonyl (C=O) groups is 1.